The molecule has 142 valence electrons. The maximum atomic E-state index is 13.6. The van der Waals surface area contributed by atoms with Gasteiger partial charge >= 0.3 is 0 Å². The summed E-state index contributed by atoms with van der Waals surface area (Å²) in [4.78, 5) is 38.4. The molecule has 0 spiro atoms. The number of nitrogens with zero attached hydrogens (tertiary/aromatic N) is 1. The van der Waals surface area contributed by atoms with E-state index in [1.807, 2.05) is 5.32 Å². The zero-order valence-electron chi connectivity index (χ0n) is 27.3. The van der Waals surface area contributed by atoms with Crippen molar-refractivity contribution in [2.75, 3.05) is 13.5 Å². The van der Waals surface area contributed by atoms with Crippen LogP contribution >= 0.6 is 0 Å². The minimum Gasteiger partial charge on any atom is -0.383 e. The second-order valence-electron chi connectivity index (χ2n) is 5.76. The van der Waals surface area contributed by atoms with Crippen LogP contribution in [0.1, 0.15) is 55.7 Å². The van der Waals surface area contributed by atoms with Crippen LogP contribution in [0.2, 0.25) is 0 Å². The Kier molecular flexibility index (Phi) is 2.72. The van der Waals surface area contributed by atoms with Gasteiger partial charge in [-0.3, -0.25) is 14.4 Å². The van der Waals surface area contributed by atoms with E-state index in [-0.39, 0.29) is 0 Å². The van der Waals surface area contributed by atoms with Crippen LogP contribution in [0.5, 0.6) is 0 Å². The summed E-state index contributed by atoms with van der Waals surface area (Å²) < 4.78 is 106. The molecular formula is C19H27N3O4. The summed E-state index contributed by atoms with van der Waals surface area (Å²) >= 11 is 0. The maximum absolute atomic E-state index is 13.6. The Morgan fingerprint density at radius 2 is 2.12 bits per heavy atom. The second-order valence-corrected chi connectivity index (χ2v) is 5.76. The first-order valence-electron chi connectivity index (χ1n) is 14.1. The molecule has 7 nitrogen and oxygen atoms in total. The Bertz CT molecular complexity index is 1220. The lowest BCUT2D eigenvalue weighted by atomic mass is 9.99. The number of aliphatic hydroxyl groups is 1. The van der Waals surface area contributed by atoms with Crippen molar-refractivity contribution < 1.29 is 37.3 Å². The first kappa shape index (κ1) is 8.52. The van der Waals surface area contributed by atoms with Crippen molar-refractivity contribution in [1.82, 2.24) is 15.5 Å². The third-order valence-corrected chi connectivity index (χ3v) is 3.44. The van der Waals surface area contributed by atoms with E-state index in [2.05, 4.69) is 0 Å². The molecule has 26 heavy (non-hydrogen) atoms. The van der Waals surface area contributed by atoms with Crippen LogP contribution in [0.15, 0.2) is 24.2 Å². The number of fused-ring (bicyclic) bond motifs is 1. The van der Waals surface area contributed by atoms with Gasteiger partial charge in [0.05, 0.1) is 8.22 Å². The lowest BCUT2D eigenvalue weighted by Gasteiger charge is -2.24. The average Bonchev–Trinajstić information content (AvgIpc) is 2.80. The summed E-state index contributed by atoms with van der Waals surface area (Å²) in [6.45, 7) is -4.01. The van der Waals surface area contributed by atoms with E-state index in [0.29, 0.717) is 0 Å². The van der Waals surface area contributed by atoms with E-state index in [4.69, 9.17) is 17.8 Å². The number of benzene rings is 1. The van der Waals surface area contributed by atoms with Crippen molar-refractivity contribution in [2.24, 2.45) is 5.92 Å². The monoisotopic (exact) mass is 374 g/mol. The van der Waals surface area contributed by atoms with Crippen molar-refractivity contribution >= 4 is 17.7 Å². The van der Waals surface area contributed by atoms with E-state index >= 15 is 0 Å². The van der Waals surface area contributed by atoms with Gasteiger partial charge in [-0.2, -0.15) is 0 Å². The van der Waals surface area contributed by atoms with E-state index in [1.54, 1.807) is 5.32 Å². The molecule has 1 aliphatic rings. The number of aliphatic hydroxyl groups excluding tert-OH is 1. The number of rotatable bonds is 5. The molecule has 1 heterocycles. The number of likely N-dealkylation sites (N-methyl/N-ethyl adjacent to an activating group) is 1. The van der Waals surface area contributed by atoms with Gasteiger partial charge in [0, 0.05) is 23.1 Å². The lowest BCUT2D eigenvalue weighted by molar-refractivity contribution is -0.137. The minimum absolute atomic E-state index is 0.651. The Balaban J connectivity index is 2.92. The SMILES string of the molecule is [2H]c1c([2H])c([2H])c2c(c1[2H])C([2H])([2H])C([2H])([2H])N(C([2H])([2H])[2H])C(=O)[C@@]2([2H])NC(=O)[C@]([2H])(C)NC(=O)[C@@H](O)C(C)C. The van der Waals surface area contributed by atoms with E-state index in [0.717, 1.165) is 6.92 Å². The number of hydrogen-bond donors (Lipinski definition) is 3. The topological polar surface area (TPSA) is 98.7 Å². The van der Waals surface area contributed by atoms with E-state index in [9.17, 15) is 19.5 Å². The lowest BCUT2D eigenvalue weighted by Crippen LogP contribution is -2.51. The molecule has 0 radical (unpaired) electrons. The van der Waals surface area contributed by atoms with Gasteiger partial charge in [0.15, 0.2) is 0 Å². The number of amides is 3. The fourth-order valence-electron chi connectivity index (χ4n) is 1.92. The van der Waals surface area contributed by atoms with Gasteiger partial charge in [-0.1, -0.05) is 38.0 Å². The third-order valence-electron chi connectivity index (χ3n) is 3.44. The highest BCUT2D eigenvalue weighted by Crippen LogP contribution is 2.24. The van der Waals surface area contributed by atoms with Crippen LogP contribution in [-0.4, -0.2) is 53.3 Å². The number of nitrogens with one attached hydrogen (secondary N) is 2. The van der Waals surface area contributed by atoms with Crippen LogP contribution < -0.4 is 10.6 Å². The Morgan fingerprint density at radius 1 is 1.42 bits per heavy atom. The molecule has 0 saturated carbocycles. The molecule has 0 unspecified atom stereocenters. The first-order chi connectivity index (χ1) is 17.3. The first-order valence-corrected chi connectivity index (χ1v) is 7.57. The van der Waals surface area contributed by atoms with Crippen molar-refractivity contribution in [3.8, 4) is 0 Å². The molecule has 1 aliphatic heterocycles. The molecule has 3 N–H and O–H groups in total. The molecule has 0 bridgehead atoms. The molecule has 0 aliphatic carbocycles. The van der Waals surface area contributed by atoms with Crippen molar-refractivity contribution in [1.29, 1.82) is 0 Å². The molecule has 2 rings (SSSR count). The third kappa shape index (κ3) is 4.40. The van der Waals surface area contributed by atoms with Gasteiger partial charge in [0.1, 0.15) is 18.1 Å². The van der Waals surface area contributed by atoms with E-state index < -0.39 is 102 Å². The summed E-state index contributed by atoms with van der Waals surface area (Å²) in [7, 11) is 0. The maximum Gasteiger partial charge on any atom is 0.249 e. The number of hydrogen-bond acceptors (Lipinski definition) is 4. The molecule has 1 aromatic rings. The fourth-order valence-corrected chi connectivity index (χ4v) is 1.92. The van der Waals surface area contributed by atoms with Gasteiger partial charge in [0.25, 0.3) is 0 Å². The van der Waals surface area contributed by atoms with E-state index in [1.165, 1.54) is 13.8 Å². The Hall–Kier alpha value is -2.41. The molecule has 7 heteroatoms. The normalized spacial score (nSPS) is 35.0. The average molecular weight is 375 g/mol. The highest BCUT2D eigenvalue weighted by Gasteiger charge is 2.32. The highest BCUT2D eigenvalue weighted by atomic mass is 16.3. The summed E-state index contributed by atoms with van der Waals surface area (Å²) in [6.07, 6.45) is -5.37. The van der Waals surface area contributed by atoms with Gasteiger partial charge in [-0.15, -0.1) is 0 Å². The quantitative estimate of drug-likeness (QED) is 0.694. The fraction of sp³-hybridized carbons (Fsp3) is 0.526. The second kappa shape index (κ2) is 8.31. The standard InChI is InChI=1S/C19H27N3O4/c1-11(2)16(23)18(25)20-12(3)17(24)21-15-14-8-6-5-7-13(14)9-10-22(4)19(15)26/h5-8,11-12,15-16,23H,9-10H2,1-4H3,(H,20,25)(H,21,24)/t12-,15-,16-/m0/s1/i4D3,5D,6D,7D,8D,9D2,10D2,12D,15D. The Labute approximate surface area is 172 Å². The number of carbonyl (C=O) groups is 3. The van der Waals surface area contributed by atoms with Crippen LogP contribution in [-0.2, 0) is 20.8 Å². The summed E-state index contributed by atoms with van der Waals surface area (Å²) in [5, 5.41) is 13.5. The van der Waals surface area contributed by atoms with Crippen LogP contribution in [0, 0.1) is 5.92 Å². The zero-order chi connectivity index (χ0) is 30.8. The van der Waals surface area contributed by atoms with Gasteiger partial charge in [-0.25, -0.2) is 0 Å². The Morgan fingerprint density at radius 3 is 2.77 bits per heavy atom. The van der Waals surface area contributed by atoms with Crippen LogP contribution in [0.25, 0.3) is 0 Å². The number of carbonyl (C=O) groups excluding carboxylic acids is 3. The molecule has 3 amide bonds. The molecule has 1 aromatic carbocycles. The predicted molar refractivity (Wildman–Crippen MR) is 97.1 cm³/mol. The van der Waals surface area contributed by atoms with Crippen LogP contribution in [0.4, 0.5) is 0 Å². The smallest absolute Gasteiger partial charge is 0.249 e. The molecule has 0 saturated heterocycles. The molecule has 0 fully saturated rings. The van der Waals surface area contributed by atoms with Crippen molar-refractivity contribution in [2.45, 2.75) is 45.3 Å². The van der Waals surface area contributed by atoms with Gasteiger partial charge < -0.3 is 20.6 Å². The molecule has 3 atom stereocenters. The van der Waals surface area contributed by atoms with Crippen molar-refractivity contribution in [3.05, 3.63) is 35.3 Å². The highest BCUT2D eigenvalue weighted by molar-refractivity contribution is 5.93. The summed E-state index contributed by atoms with van der Waals surface area (Å²) in [6, 6.07) is -11.1. The predicted octanol–water partition coefficient (Wildman–Crippen LogP) is 0.380. The van der Waals surface area contributed by atoms with Gasteiger partial charge in [0.2, 0.25) is 17.7 Å². The minimum atomic E-state index is -3.87. The zero-order valence-corrected chi connectivity index (χ0v) is 14.3. The largest absolute Gasteiger partial charge is 0.383 e. The summed E-state index contributed by atoms with van der Waals surface area (Å²) in [5.74, 6) is -5.71. The molecule has 0 aromatic heterocycles. The molecular weight excluding hydrogens is 334 g/mol. The van der Waals surface area contributed by atoms with Crippen molar-refractivity contribution in [3.63, 3.8) is 0 Å². The summed E-state index contributed by atoms with van der Waals surface area (Å²) in [5.41, 5.74) is -2.60. The van der Waals surface area contributed by atoms with Crippen LogP contribution in [0.3, 0.4) is 0 Å². The van der Waals surface area contributed by atoms with Gasteiger partial charge in [-0.05, 0) is 30.3 Å².